The van der Waals surface area contributed by atoms with Gasteiger partial charge in [0.15, 0.2) is 0 Å². The van der Waals surface area contributed by atoms with Crippen molar-refractivity contribution >= 4 is 17.5 Å². The third kappa shape index (κ3) is 4.48. The van der Waals surface area contributed by atoms with Gasteiger partial charge in [0, 0.05) is 29.2 Å². The molecule has 2 aliphatic rings. The summed E-state index contributed by atoms with van der Waals surface area (Å²) in [5, 5.41) is 3.62. The summed E-state index contributed by atoms with van der Waals surface area (Å²) < 4.78 is 14.0. The third-order valence-corrected chi connectivity index (χ3v) is 5.64. The number of amides is 1. The average molecular weight is 353 g/mol. The van der Waals surface area contributed by atoms with Crippen molar-refractivity contribution in [1.82, 2.24) is 10.2 Å². The molecule has 0 radical (unpaired) electrons. The molecule has 1 N–H and O–H groups in total. The summed E-state index contributed by atoms with van der Waals surface area (Å²) in [6.45, 7) is 2.92. The van der Waals surface area contributed by atoms with E-state index in [-0.39, 0.29) is 17.8 Å². The molecule has 1 amide bonds. The lowest BCUT2D eigenvalue weighted by Gasteiger charge is -2.30. The highest BCUT2D eigenvalue weighted by molar-refractivity contribution is 6.31. The molecule has 5 heteroatoms. The summed E-state index contributed by atoms with van der Waals surface area (Å²) in [7, 11) is 0. The highest BCUT2D eigenvalue weighted by Gasteiger charge is 2.32. The van der Waals surface area contributed by atoms with E-state index in [4.69, 9.17) is 11.6 Å². The van der Waals surface area contributed by atoms with Gasteiger partial charge in [0.05, 0.1) is 6.54 Å². The molecule has 1 aromatic carbocycles. The average Bonchev–Trinajstić information content (AvgIpc) is 3.37. The Labute approximate surface area is 148 Å². The van der Waals surface area contributed by atoms with Crippen LogP contribution in [-0.2, 0) is 11.3 Å². The first-order valence-corrected chi connectivity index (χ1v) is 9.38. The summed E-state index contributed by atoms with van der Waals surface area (Å²) in [5.41, 5.74) is 0.491. The highest BCUT2D eigenvalue weighted by atomic mass is 35.5. The number of hydrogen-bond donors (Lipinski definition) is 1. The van der Waals surface area contributed by atoms with Crippen molar-refractivity contribution in [3.8, 4) is 0 Å². The number of nitrogens with one attached hydrogen (secondary N) is 1. The third-order valence-electron chi connectivity index (χ3n) is 5.29. The van der Waals surface area contributed by atoms with Crippen molar-refractivity contribution in [2.45, 2.75) is 64.1 Å². The monoisotopic (exact) mass is 352 g/mol. The smallest absolute Gasteiger partial charge is 0.234 e. The molecule has 132 valence electrons. The number of carbonyl (C=O) groups excluding carboxylic acids is 1. The van der Waals surface area contributed by atoms with Crippen molar-refractivity contribution in [3.63, 3.8) is 0 Å². The van der Waals surface area contributed by atoms with Crippen LogP contribution in [0.1, 0.15) is 51.0 Å². The zero-order valence-electron chi connectivity index (χ0n) is 14.2. The minimum atomic E-state index is -0.297. The standard InChI is InChI=1S/C19H26ClFN2O/c1-13-5-2-3-8-18(13)22-19(24)12-23(14-9-10-14)11-15-16(20)6-4-7-17(15)21/h4,6-7,13-14,18H,2-3,5,8-12H2,1H3,(H,22,24)/t13-,18-/m0/s1. The highest BCUT2D eigenvalue weighted by Crippen LogP contribution is 2.30. The van der Waals surface area contributed by atoms with Crippen LogP contribution in [0.3, 0.4) is 0 Å². The topological polar surface area (TPSA) is 32.3 Å². The summed E-state index contributed by atoms with van der Waals surface area (Å²) in [4.78, 5) is 14.5. The predicted octanol–water partition coefficient (Wildman–Crippen LogP) is 4.14. The molecular formula is C19H26ClFN2O. The number of rotatable bonds is 6. The molecule has 2 atom stereocenters. The van der Waals surface area contributed by atoms with Crippen LogP contribution in [0.4, 0.5) is 4.39 Å². The Balaban J connectivity index is 1.61. The fraction of sp³-hybridized carbons (Fsp3) is 0.632. The molecule has 0 aliphatic heterocycles. The Hall–Kier alpha value is -1.13. The maximum atomic E-state index is 14.0. The van der Waals surface area contributed by atoms with Gasteiger partial charge in [-0.2, -0.15) is 0 Å². The normalized spacial score (nSPS) is 24.2. The van der Waals surface area contributed by atoms with Crippen molar-refractivity contribution in [1.29, 1.82) is 0 Å². The number of halogens is 2. The number of nitrogens with zero attached hydrogens (tertiary/aromatic N) is 1. The fourth-order valence-electron chi connectivity index (χ4n) is 3.61. The molecule has 2 fully saturated rings. The fourth-order valence-corrected chi connectivity index (χ4v) is 3.83. The molecule has 0 bridgehead atoms. The van der Waals surface area contributed by atoms with E-state index in [0.717, 1.165) is 19.3 Å². The molecule has 1 aromatic rings. The van der Waals surface area contributed by atoms with Gasteiger partial charge in [0.1, 0.15) is 5.82 Å². The van der Waals surface area contributed by atoms with Crippen LogP contribution in [0, 0.1) is 11.7 Å². The first-order valence-electron chi connectivity index (χ1n) is 9.01. The summed E-state index contributed by atoms with van der Waals surface area (Å²) in [6.07, 6.45) is 6.83. The molecule has 0 saturated heterocycles. The molecule has 2 aliphatic carbocycles. The first-order chi connectivity index (χ1) is 11.5. The zero-order chi connectivity index (χ0) is 17.1. The summed E-state index contributed by atoms with van der Waals surface area (Å²) in [5.74, 6) is 0.292. The molecule has 3 nitrogen and oxygen atoms in total. The second-order valence-electron chi connectivity index (χ2n) is 7.27. The first kappa shape index (κ1) is 17.7. The van der Waals surface area contributed by atoms with Crippen LogP contribution in [0.2, 0.25) is 5.02 Å². The van der Waals surface area contributed by atoms with E-state index < -0.39 is 0 Å². The second kappa shape index (κ2) is 7.83. The van der Waals surface area contributed by atoms with Gasteiger partial charge in [-0.3, -0.25) is 9.69 Å². The minimum absolute atomic E-state index is 0.0492. The van der Waals surface area contributed by atoms with E-state index in [1.807, 2.05) is 0 Å². The Morgan fingerprint density at radius 2 is 2.04 bits per heavy atom. The predicted molar refractivity (Wildman–Crippen MR) is 94.4 cm³/mol. The van der Waals surface area contributed by atoms with Gasteiger partial charge >= 0.3 is 0 Å². The van der Waals surface area contributed by atoms with Crippen molar-refractivity contribution in [2.24, 2.45) is 5.92 Å². The Morgan fingerprint density at radius 1 is 1.29 bits per heavy atom. The summed E-state index contributed by atoms with van der Waals surface area (Å²) >= 11 is 6.14. The van der Waals surface area contributed by atoms with Gasteiger partial charge in [0.2, 0.25) is 5.91 Å². The molecule has 24 heavy (non-hydrogen) atoms. The quantitative estimate of drug-likeness (QED) is 0.834. The van der Waals surface area contributed by atoms with E-state index in [9.17, 15) is 9.18 Å². The molecule has 0 aromatic heterocycles. The lowest BCUT2D eigenvalue weighted by molar-refractivity contribution is -0.123. The van der Waals surface area contributed by atoms with Crippen LogP contribution >= 0.6 is 11.6 Å². The van der Waals surface area contributed by atoms with E-state index in [2.05, 4.69) is 17.1 Å². The van der Waals surface area contributed by atoms with Crippen LogP contribution < -0.4 is 5.32 Å². The number of carbonyl (C=O) groups is 1. The van der Waals surface area contributed by atoms with Crippen LogP contribution in [0.25, 0.3) is 0 Å². The van der Waals surface area contributed by atoms with Gasteiger partial charge in [-0.1, -0.05) is 37.4 Å². The Morgan fingerprint density at radius 3 is 2.71 bits per heavy atom. The number of hydrogen-bond acceptors (Lipinski definition) is 2. The van der Waals surface area contributed by atoms with Crippen LogP contribution in [0.15, 0.2) is 18.2 Å². The van der Waals surface area contributed by atoms with Gasteiger partial charge in [0.25, 0.3) is 0 Å². The van der Waals surface area contributed by atoms with E-state index in [1.165, 1.54) is 25.3 Å². The van der Waals surface area contributed by atoms with Crippen molar-refractivity contribution in [2.75, 3.05) is 6.54 Å². The van der Waals surface area contributed by atoms with Gasteiger partial charge in [-0.15, -0.1) is 0 Å². The van der Waals surface area contributed by atoms with Crippen molar-refractivity contribution < 1.29 is 9.18 Å². The van der Waals surface area contributed by atoms with Crippen LogP contribution in [-0.4, -0.2) is 29.4 Å². The SMILES string of the molecule is C[C@H]1CCCC[C@@H]1NC(=O)CN(Cc1c(F)cccc1Cl)C1CC1. The molecule has 3 rings (SSSR count). The molecular weight excluding hydrogens is 327 g/mol. The van der Waals surface area contributed by atoms with Gasteiger partial charge in [-0.25, -0.2) is 4.39 Å². The van der Waals surface area contributed by atoms with Gasteiger partial charge < -0.3 is 5.32 Å². The van der Waals surface area contributed by atoms with Crippen LogP contribution in [0.5, 0.6) is 0 Å². The molecule has 0 unspecified atom stereocenters. The van der Waals surface area contributed by atoms with Gasteiger partial charge in [-0.05, 0) is 43.7 Å². The summed E-state index contributed by atoms with van der Waals surface area (Å²) in [6, 6.07) is 5.39. The maximum absolute atomic E-state index is 14.0. The van der Waals surface area contributed by atoms with E-state index >= 15 is 0 Å². The lowest BCUT2D eigenvalue weighted by atomic mass is 9.86. The Kier molecular flexibility index (Phi) is 5.77. The molecule has 0 spiro atoms. The molecule has 0 heterocycles. The second-order valence-corrected chi connectivity index (χ2v) is 7.68. The Bertz CT molecular complexity index is 570. The number of benzene rings is 1. The van der Waals surface area contributed by atoms with Crippen molar-refractivity contribution in [3.05, 3.63) is 34.6 Å². The van der Waals surface area contributed by atoms with E-state index in [1.54, 1.807) is 12.1 Å². The molecule has 2 saturated carbocycles. The maximum Gasteiger partial charge on any atom is 0.234 e. The minimum Gasteiger partial charge on any atom is -0.352 e. The lowest BCUT2D eigenvalue weighted by Crippen LogP contribution is -2.46. The zero-order valence-corrected chi connectivity index (χ0v) is 15.0. The van der Waals surface area contributed by atoms with E-state index in [0.29, 0.717) is 35.6 Å². The largest absolute Gasteiger partial charge is 0.352 e.